The summed E-state index contributed by atoms with van der Waals surface area (Å²) in [5.74, 6) is 0. The van der Waals surface area contributed by atoms with E-state index in [0.29, 0.717) is 33.8 Å². The summed E-state index contributed by atoms with van der Waals surface area (Å²) in [6.07, 6.45) is 0. The number of para-hydroxylation sites is 1. The maximum absolute atomic E-state index is 12.8. The first kappa shape index (κ1) is 18.3. The van der Waals surface area contributed by atoms with Crippen LogP contribution < -0.4 is 15.7 Å². The third kappa shape index (κ3) is 3.27. The predicted molar refractivity (Wildman–Crippen MR) is 104 cm³/mol. The van der Waals surface area contributed by atoms with Crippen molar-refractivity contribution in [3.63, 3.8) is 0 Å². The minimum absolute atomic E-state index is 0.00000656. The summed E-state index contributed by atoms with van der Waals surface area (Å²) in [6.45, 7) is 3.95. The molecule has 0 bridgehead atoms. The molecule has 6 nitrogen and oxygen atoms in total. The first-order chi connectivity index (χ1) is 12.3. The molecule has 26 heavy (non-hydrogen) atoms. The molecule has 0 amide bonds. The Labute approximate surface area is 155 Å². The van der Waals surface area contributed by atoms with Crippen LogP contribution in [0.1, 0.15) is 12.5 Å². The van der Waals surface area contributed by atoms with Gasteiger partial charge in [-0.2, -0.15) is 0 Å². The zero-order valence-electron chi connectivity index (χ0n) is 14.2. The maximum atomic E-state index is 12.8. The lowest BCUT2D eigenvalue weighted by Gasteiger charge is -2.15. The Bertz CT molecular complexity index is 1140. The summed E-state index contributed by atoms with van der Waals surface area (Å²) in [5, 5.41) is 3.98. The Balaban J connectivity index is 2.19. The van der Waals surface area contributed by atoms with Gasteiger partial charge < -0.3 is 9.73 Å². The van der Waals surface area contributed by atoms with Gasteiger partial charge in [0.15, 0.2) is 5.69 Å². The Morgan fingerprint density at radius 2 is 1.81 bits per heavy atom. The molecule has 8 heteroatoms. The Hall–Kier alpha value is -2.51. The van der Waals surface area contributed by atoms with E-state index >= 15 is 0 Å². The van der Waals surface area contributed by atoms with Crippen molar-refractivity contribution in [2.24, 2.45) is 0 Å². The zero-order chi connectivity index (χ0) is 18.9. The van der Waals surface area contributed by atoms with Gasteiger partial charge in [0, 0.05) is 17.0 Å². The predicted octanol–water partition coefficient (Wildman–Crippen LogP) is 3.99. The molecule has 0 aliphatic heterocycles. The fourth-order valence-corrected chi connectivity index (χ4v) is 4.24. The normalized spacial score (nSPS) is 11.5. The summed E-state index contributed by atoms with van der Waals surface area (Å²) < 4.78 is 33.3. The van der Waals surface area contributed by atoms with Crippen LogP contribution in [0.3, 0.4) is 0 Å². The zero-order valence-corrected chi connectivity index (χ0v) is 15.7. The number of anilines is 2. The van der Waals surface area contributed by atoms with Gasteiger partial charge in [-0.05, 0) is 43.7 Å². The molecular formula is C18H17ClN2O4S. The molecule has 0 saturated carbocycles. The van der Waals surface area contributed by atoms with Crippen LogP contribution >= 0.6 is 11.6 Å². The van der Waals surface area contributed by atoms with Crippen molar-refractivity contribution < 1.29 is 12.8 Å². The van der Waals surface area contributed by atoms with Crippen LogP contribution in [-0.4, -0.2) is 15.0 Å². The topological polar surface area (TPSA) is 88.4 Å². The van der Waals surface area contributed by atoms with Crippen molar-refractivity contribution >= 4 is 44.0 Å². The molecule has 1 heterocycles. The molecule has 136 valence electrons. The summed E-state index contributed by atoms with van der Waals surface area (Å²) in [4.78, 5) is 12.4. The van der Waals surface area contributed by atoms with Gasteiger partial charge in [0.2, 0.25) is 0 Å². The highest BCUT2D eigenvalue weighted by Crippen LogP contribution is 2.31. The Morgan fingerprint density at radius 3 is 2.54 bits per heavy atom. The monoisotopic (exact) mass is 392 g/mol. The highest BCUT2D eigenvalue weighted by atomic mass is 35.5. The van der Waals surface area contributed by atoms with Crippen LogP contribution in [0, 0.1) is 6.92 Å². The van der Waals surface area contributed by atoms with E-state index < -0.39 is 15.6 Å². The number of sulfonamides is 1. The molecule has 2 N–H and O–H groups in total. The van der Waals surface area contributed by atoms with Crippen molar-refractivity contribution in [1.29, 1.82) is 0 Å². The number of rotatable bonds is 5. The van der Waals surface area contributed by atoms with E-state index in [2.05, 4.69) is 10.0 Å². The number of hydrogen-bond acceptors (Lipinski definition) is 5. The molecule has 0 fully saturated rings. The standard InChI is InChI=1S/C18H17ClN2O4S/c1-3-20-16-12-7-4-5-9-14(12)25-18(22)17(16)21-26(23,24)15-10-6-8-13(19)11(15)2/h4-10,20-21H,3H2,1-2H3. The number of fused-ring (bicyclic) bond motifs is 1. The molecule has 0 atom stereocenters. The first-order valence-corrected chi connectivity index (χ1v) is 9.79. The Morgan fingerprint density at radius 1 is 1.08 bits per heavy atom. The lowest BCUT2D eigenvalue weighted by atomic mass is 10.2. The summed E-state index contributed by atoms with van der Waals surface area (Å²) >= 11 is 6.03. The molecule has 3 rings (SSSR count). The van der Waals surface area contributed by atoms with E-state index in [0.717, 1.165) is 0 Å². The van der Waals surface area contributed by atoms with Gasteiger partial charge in [-0.25, -0.2) is 13.2 Å². The van der Waals surface area contributed by atoms with Crippen LogP contribution in [0.5, 0.6) is 0 Å². The quantitative estimate of drug-likeness (QED) is 0.641. The van der Waals surface area contributed by atoms with E-state index in [1.807, 2.05) is 6.92 Å². The van der Waals surface area contributed by atoms with Gasteiger partial charge in [0.1, 0.15) is 5.58 Å². The van der Waals surface area contributed by atoms with E-state index in [-0.39, 0.29) is 10.6 Å². The molecule has 0 radical (unpaired) electrons. The third-order valence-corrected chi connectivity index (χ3v) is 5.81. The molecule has 3 aromatic rings. The molecule has 0 spiro atoms. The Kier molecular flexibility index (Phi) is 4.93. The van der Waals surface area contributed by atoms with E-state index in [1.54, 1.807) is 37.3 Å². The van der Waals surface area contributed by atoms with Gasteiger partial charge in [-0.1, -0.05) is 29.8 Å². The minimum atomic E-state index is -4.03. The molecule has 0 unspecified atom stereocenters. The van der Waals surface area contributed by atoms with Crippen molar-refractivity contribution in [1.82, 2.24) is 0 Å². The molecular weight excluding hydrogens is 376 g/mol. The van der Waals surface area contributed by atoms with E-state index in [4.69, 9.17) is 16.0 Å². The van der Waals surface area contributed by atoms with Gasteiger partial charge in [0.05, 0.1) is 10.6 Å². The van der Waals surface area contributed by atoms with Gasteiger partial charge in [0.25, 0.3) is 10.0 Å². The lowest BCUT2D eigenvalue weighted by molar-refractivity contribution is 0.563. The van der Waals surface area contributed by atoms with Crippen LogP contribution in [0.15, 0.2) is 56.6 Å². The van der Waals surface area contributed by atoms with Gasteiger partial charge in [-0.15, -0.1) is 0 Å². The van der Waals surface area contributed by atoms with Crippen molar-refractivity contribution in [3.05, 3.63) is 63.5 Å². The second kappa shape index (κ2) is 7.01. The van der Waals surface area contributed by atoms with Crippen molar-refractivity contribution in [2.75, 3.05) is 16.6 Å². The number of hydrogen-bond donors (Lipinski definition) is 2. The summed E-state index contributed by atoms with van der Waals surface area (Å²) in [5.41, 5.74) is 0.211. The summed E-state index contributed by atoms with van der Waals surface area (Å²) in [7, 11) is -4.03. The van der Waals surface area contributed by atoms with Crippen LogP contribution in [0.2, 0.25) is 5.02 Å². The average molecular weight is 393 g/mol. The fourth-order valence-electron chi connectivity index (χ4n) is 2.67. The highest BCUT2D eigenvalue weighted by Gasteiger charge is 2.23. The largest absolute Gasteiger partial charge is 0.421 e. The minimum Gasteiger partial charge on any atom is -0.421 e. The fraction of sp³-hybridized carbons (Fsp3) is 0.167. The van der Waals surface area contributed by atoms with Crippen LogP contribution in [0.25, 0.3) is 11.0 Å². The van der Waals surface area contributed by atoms with E-state index in [9.17, 15) is 13.2 Å². The maximum Gasteiger partial charge on any atom is 0.363 e. The first-order valence-electron chi connectivity index (χ1n) is 7.92. The van der Waals surface area contributed by atoms with Gasteiger partial charge >= 0.3 is 5.63 Å². The molecule has 0 saturated heterocycles. The van der Waals surface area contributed by atoms with Crippen molar-refractivity contribution in [3.8, 4) is 0 Å². The van der Waals surface area contributed by atoms with Crippen molar-refractivity contribution in [2.45, 2.75) is 18.7 Å². The number of halogens is 1. The smallest absolute Gasteiger partial charge is 0.363 e. The van der Waals surface area contributed by atoms with E-state index in [1.165, 1.54) is 12.1 Å². The van der Waals surface area contributed by atoms with Crippen LogP contribution in [-0.2, 0) is 10.0 Å². The van der Waals surface area contributed by atoms with Crippen LogP contribution in [0.4, 0.5) is 11.4 Å². The molecule has 0 aliphatic carbocycles. The second-order valence-corrected chi connectivity index (χ2v) is 7.69. The molecule has 1 aromatic heterocycles. The lowest BCUT2D eigenvalue weighted by Crippen LogP contribution is -2.21. The summed E-state index contributed by atoms with van der Waals surface area (Å²) in [6, 6.07) is 11.5. The molecule has 2 aromatic carbocycles. The third-order valence-electron chi connectivity index (χ3n) is 3.91. The average Bonchev–Trinajstić information content (AvgIpc) is 2.60. The highest BCUT2D eigenvalue weighted by molar-refractivity contribution is 7.92. The number of benzene rings is 2. The SMILES string of the molecule is CCNc1c(NS(=O)(=O)c2cccc(Cl)c2C)c(=O)oc2ccccc12. The number of nitrogens with one attached hydrogen (secondary N) is 2. The second-order valence-electron chi connectivity index (χ2n) is 5.63. The van der Waals surface area contributed by atoms with Gasteiger partial charge in [-0.3, -0.25) is 4.72 Å². The molecule has 0 aliphatic rings.